The Hall–Kier alpha value is -1.89. The van der Waals surface area contributed by atoms with E-state index in [0.29, 0.717) is 5.75 Å². The number of aliphatic hydroxyl groups excluding tert-OH is 1. The zero-order chi connectivity index (χ0) is 14.8. The van der Waals surface area contributed by atoms with Gasteiger partial charge in [0.25, 0.3) is 0 Å². The number of thiophene rings is 1. The highest BCUT2D eigenvalue weighted by molar-refractivity contribution is 7.17. The Balaban J connectivity index is 1.90. The largest absolute Gasteiger partial charge is 0.491 e. The van der Waals surface area contributed by atoms with Crippen LogP contribution in [-0.4, -0.2) is 34.1 Å². The van der Waals surface area contributed by atoms with E-state index in [2.05, 4.69) is 16.5 Å². The first kappa shape index (κ1) is 14.1. The molecule has 0 bridgehead atoms. The van der Waals surface area contributed by atoms with Gasteiger partial charge in [0, 0.05) is 19.2 Å². The number of nitrogens with two attached hydrogens (primary N) is 1. The van der Waals surface area contributed by atoms with Crippen LogP contribution in [0.15, 0.2) is 35.7 Å². The molecule has 0 saturated heterocycles. The van der Waals surface area contributed by atoms with E-state index in [1.54, 1.807) is 11.3 Å². The molecule has 1 atom stereocenters. The van der Waals surface area contributed by atoms with Crippen molar-refractivity contribution < 1.29 is 9.84 Å². The summed E-state index contributed by atoms with van der Waals surface area (Å²) in [7, 11) is 1.94. The zero-order valence-corrected chi connectivity index (χ0v) is 12.5. The monoisotopic (exact) mass is 303 g/mol. The Morgan fingerprint density at radius 1 is 1.43 bits per heavy atom. The van der Waals surface area contributed by atoms with Crippen LogP contribution in [0.5, 0.6) is 5.75 Å². The van der Waals surface area contributed by atoms with Crippen LogP contribution in [0.2, 0.25) is 0 Å². The normalized spacial score (nSPS) is 12.7. The summed E-state index contributed by atoms with van der Waals surface area (Å²) in [6, 6.07) is 9.79. The molecule has 110 valence electrons. The smallest absolute Gasteiger partial charge is 0.120 e. The summed E-state index contributed by atoms with van der Waals surface area (Å²) in [5, 5.41) is 16.1. The lowest BCUT2D eigenvalue weighted by Gasteiger charge is -2.10. The quantitative estimate of drug-likeness (QED) is 0.756. The van der Waals surface area contributed by atoms with Gasteiger partial charge >= 0.3 is 0 Å². The summed E-state index contributed by atoms with van der Waals surface area (Å²) in [6.45, 7) is 0.381. The minimum absolute atomic E-state index is 0.190. The van der Waals surface area contributed by atoms with Gasteiger partial charge in [-0.1, -0.05) is 12.1 Å². The SMILES string of the molecule is Cn1nc(-c2cccc(OCC(O)CN)c2)c2sccc21. The lowest BCUT2D eigenvalue weighted by Crippen LogP contribution is -2.26. The van der Waals surface area contributed by atoms with Gasteiger partial charge in [-0.05, 0) is 23.6 Å². The summed E-state index contributed by atoms with van der Waals surface area (Å²) >= 11 is 1.68. The maximum absolute atomic E-state index is 9.46. The number of benzene rings is 1. The molecule has 1 unspecified atom stereocenters. The molecule has 6 heteroatoms. The molecular weight excluding hydrogens is 286 g/mol. The van der Waals surface area contributed by atoms with Crippen molar-refractivity contribution in [3.05, 3.63) is 35.7 Å². The first-order valence-corrected chi connectivity index (χ1v) is 7.58. The third kappa shape index (κ3) is 2.78. The Labute approximate surface area is 126 Å². The second-order valence-corrected chi connectivity index (χ2v) is 5.75. The molecule has 0 radical (unpaired) electrons. The summed E-state index contributed by atoms with van der Waals surface area (Å²) in [5.74, 6) is 0.704. The number of aliphatic hydroxyl groups is 1. The van der Waals surface area contributed by atoms with Gasteiger partial charge in [0.05, 0.1) is 10.2 Å². The van der Waals surface area contributed by atoms with Gasteiger partial charge in [0.1, 0.15) is 24.2 Å². The summed E-state index contributed by atoms with van der Waals surface area (Å²) in [6.07, 6.45) is -0.646. The number of rotatable bonds is 5. The zero-order valence-electron chi connectivity index (χ0n) is 11.7. The van der Waals surface area contributed by atoms with E-state index in [9.17, 15) is 5.11 Å². The number of nitrogens with zero attached hydrogens (tertiary/aromatic N) is 2. The molecule has 21 heavy (non-hydrogen) atoms. The number of fused-ring (bicyclic) bond motifs is 1. The highest BCUT2D eigenvalue weighted by Gasteiger charge is 2.12. The minimum atomic E-state index is -0.646. The van der Waals surface area contributed by atoms with E-state index in [-0.39, 0.29) is 13.2 Å². The van der Waals surface area contributed by atoms with E-state index in [0.717, 1.165) is 21.5 Å². The number of hydrogen-bond acceptors (Lipinski definition) is 5. The molecule has 2 aromatic heterocycles. The fraction of sp³-hybridized carbons (Fsp3) is 0.267. The van der Waals surface area contributed by atoms with Crippen LogP contribution in [0, 0.1) is 0 Å². The Morgan fingerprint density at radius 2 is 2.29 bits per heavy atom. The first-order valence-electron chi connectivity index (χ1n) is 6.70. The maximum atomic E-state index is 9.46. The van der Waals surface area contributed by atoms with Gasteiger partial charge in [0.2, 0.25) is 0 Å². The van der Waals surface area contributed by atoms with E-state index in [1.807, 2.05) is 36.0 Å². The van der Waals surface area contributed by atoms with Crippen LogP contribution in [0.3, 0.4) is 0 Å². The van der Waals surface area contributed by atoms with Crippen LogP contribution < -0.4 is 10.5 Å². The van der Waals surface area contributed by atoms with Crippen molar-refractivity contribution in [2.75, 3.05) is 13.2 Å². The average Bonchev–Trinajstić information content (AvgIpc) is 3.09. The molecule has 5 nitrogen and oxygen atoms in total. The molecule has 3 rings (SSSR count). The van der Waals surface area contributed by atoms with Crippen molar-refractivity contribution in [1.82, 2.24) is 9.78 Å². The van der Waals surface area contributed by atoms with Crippen molar-refractivity contribution >= 4 is 21.6 Å². The Morgan fingerprint density at radius 3 is 3.10 bits per heavy atom. The third-order valence-corrected chi connectivity index (χ3v) is 4.19. The average molecular weight is 303 g/mol. The second kappa shape index (κ2) is 5.85. The van der Waals surface area contributed by atoms with Crippen LogP contribution in [0.25, 0.3) is 21.5 Å². The molecule has 0 saturated carbocycles. The molecule has 3 N–H and O–H groups in total. The number of hydrogen-bond donors (Lipinski definition) is 2. The molecule has 2 heterocycles. The van der Waals surface area contributed by atoms with Crippen LogP contribution in [-0.2, 0) is 7.05 Å². The van der Waals surface area contributed by atoms with Crippen molar-refractivity contribution in [3.8, 4) is 17.0 Å². The summed E-state index contributed by atoms with van der Waals surface area (Å²) in [4.78, 5) is 0. The molecule has 0 aliphatic carbocycles. The van der Waals surface area contributed by atoms with Crippen LogP contribution in [0.1, 0.15) is 0 Å². The molecular formula is C15H17N3O2S. The number of ether oxygens (including phenoxy) is 1. The maximum Gasteiger partial charge on any atom is 0.120 e. The van der Waals surface area contributed by atoms with Gasteiger partial charge in [0.15, 0.2) is 0 Å². The molecule has 0 aliphatic rings. The Bertz CT molecular complexity index is 750. The molecule has 0 aliphatic heterocycles. The van der Waals surface area contributed by atoms with Crippen molar-refractivity contribution in [1.29, 1.82) is 0 Å². The molecule has 3 aromatic rings. The standard InChI is InChI=1S/C15H17N3O2S/c1-18-13-5-6-21-15(13)14(17-18)10-3-2-4-12(7-10)20-9-11(19)8-16/h2-7,11,19H,8-9,16H2,1H3. The van der Waals surface area contributed by atoms with Gasteiger partial charge < -0.3 is 15.6 Å². The third-order valence-electron chi connectivity index (χ3n) is 3.28. The molecule has 0 fully saturated rings. The fourth-order valence-electron chi connectivity index (χ4n) is 2.17. The van der Waals surface area contributed by atoms with E-state index in [4.69, 9.17) is 10.5 Å². The van der Waals surface area contributed by atoms with Crippen molar-refractivity contribution in [2.24, 2.45) is 12.8 Å². The first-order chi connectivity index (χ1) is 10.2. The molecule has 0 amide bonds. The molecule has 0 spiro atoms. The highest BCUT2D eigenvalue weighted by Crippen LogP contribution is 2.33. The van der Waals surface area contributed by atoms with Crippen LogP contribution in [0.4, 0.5) is 0 Å². The van der Waals surface area contributed by atoms with Gasteiger partial charge in [-0.15, -0.1) is 11.3 Å². The number of aromatic nitrogens is 2. The predicted octanol–water partition coefficient (Wildman–Crippen LogP) is 2.00. The van der Waals surface area contributed by atoms with E-state index >= 15 is 0 Å². The highest BCUT2D eigenvalue weighted by atomic mass is 32.1. The topological polar surface area (TPSA) is 73.3 Å². The summed E-state index contributed by atoms with van der Waals surface area (Å²) < 4.78 is 8.61. The lowest BCUT2D eigenvalue weighted by molar-refractivity contribution is 0.114. The fourth-order valence-corrected chi connectivity index (χ4v) is 3.09. The predicted molar refractivity (Wildman–Crippen MR) is 84.6 cm³/mol. The Kier molecular flexibility index (Phi) is 3.92. The lowest BCUT2D eigenvalue weighted by atomic mass is 10.1. The van der Waals surface area contributed by atoms with Crippen LogP contribution >= 0.6 is 11.3 Å². The van der Waals surface area contributed by atoms with E-state index < -0.39 is 6.10 Å². The van der Waals surface area contributed by atoms with Gasteiger partial charge in [-0.3, -0.25) is 4.68 Å². The van der Waals surface area contributed by atoms with E-state index in [1.165, 1.54) is 0 Å². The van der Waals surface area contributed by atoms with Crippen molar-refractivity contribution in [3.63, 3.8) is 0 Å². The minimum Gasteiger partial charge on any atom is -0.491 e. The molecule has 1 aromatic carbocycles. The van der Waals surface area contributed by atoms with Gasteiger partial charge in [-0.2, -0.15) is 5.10 Å². The van der Waals surface area contributed by atoms with Crippen molar-refractivity contribution in [2.45, 2.75) is 6.10 Å². The summed E-state index contributed by atoms with van der Waals surface area (Å²) in [5.41, 5.74) is 8.45. The number of aryl methyl sites for hydroxylation is 1. The second-order valence-electron chi connectivity index (χ2n) is 4.84. The van der Waals surface area contributed by atoms with Gasteiger partial charge in [-0.25, -0.2) is 0 Å².